The van der Waals surface area contributed by atoms with Gasteiger partial charge in [-0.3, -0.25) is 9.36 Å². The molecule has 24 heavy (non-hydrogen) atoms. The predicted molar refractivity (Wildman–Crippen MR) is 97.2 cm³/mol. The van der Waals surface area contributed by atoms with Gasteiger partial charge in [-0.15, -0.1) is 6.58 Å². The van der Waals surface area contributed by atoms with Crippen LogP contribution in [0.15, 0.2) is 65.1 Å². The number of hydrogen-bond donors (Lipinski definition) is 0. The van der Waals surface area contributed by atoms with Gasteiger partial charge in [0.05, 0.1) is 10.9 Å². The SMILES string of the molecule is C=CCn1c(SCc2ccc(F)cc2)nc2cc(Cl)ccc2c1=O. The van der Waals surface area contributed by atoms with Gasteiger partial charge >= 0.3 is 0 Å². The normalized spacial score (nSPS) is 10.9. The Morgan fingerprint density at radius 2 is 2.00 bits per heavy atom. The van der Waals surface area contributed by atoms with Crippen molar-refractivity contribution in [1.82, 2.24) is 9.55 Å². The van der Waals surface area contributed by atoms with E-state index in [1.54, 1.807) is 41.0 Å². The molecule has 122 valence electrons. The fourth-order valence-corrected chi connectivity index (χ4v) is 3.43. The molecule has 0 saturated carbocycles. The number of nitrogens with zero attached hydrogens (tertiary/aromatic N) is 2. The van der Waals surface area contributed by atoms with Gasteiger partial charge in [0, 0.05) is 17.3 Å². The van der Waals surface area contributed by atoms with Crippen LogP contribution in [0.2, 0.25) is 5.02 Å². The van der Waals surface area contributed by atoms with Crippen LogP contribution in [0.5, 0.6) is 0 Å². The summed E-state index contributed by atoms with van der Waals surface area (Å²) in [6.07, 6.45) is 1.66. The number of allylic oxidation sites excluding steroid dienone is 1. The van der Waals surface area contributed by atoms with E-state index in [1.165, 1.54) is 23.9 Å². The average Bonchev–Trinajstić information content (AvgIpc) is 2.57. The standard InChI is InChI=1S/C18H14ClFN2OS/c1-2-9-22-17(23)15-8-5-13(19)10-16(15)21-18(22)24-11-12-3-6-14(20)7-4-12/h2-8,10H,1,9,11H2. The van der Waals surface area contributed by atoms with Crippen LogP contribution in [0.25, 0.3) is 10.9 Å². The molecule has 0 aliphatic carbocycles. The second kappa shape index (κ2) is 7.20. The molecule has 0 aliphatic rings. The Morgan fingerprint density at radius 1 is 1.25 bits per heavy atom. The van der Waals surface area contributed by atoms with Crippen molar-refractivity contribution in [1.29, 1.82) is 0 Å². The molecule has 3 aromatic rings. The number of rotatable bonds is 5. The number of halogens is 2. The largest absolute Gasteiger partial charge is 0.283 e. The van der Waals surface area contributed by atoms with Crippen LogP contribution < -0.4 is 5.56 Å². The van der Waals surface area contributed by atoms with Crippen LogP contribution in [0.3, 0.4) is 0 Å². The summed E-state index contributed by atoms with van der Waals surface area (Å²) in [7, 11) is 0. The minimum Gasteiger partial charge on any atom is -0.283 e. The fraction of sp³-hybridized carbons (Fsp3) is 0.111. The molecule has 6 heteroatoms. The molecule has 0 saturated heterocycles. The third-order valence-corrected chi connectivity index (χ3v) is 4.76. The van der Waals surface area contributed by atoms with E-state index in [0.717, 1.165) is 5.56 Å². The van der Waals surface area contributed by atoms with Gasteiger partial charge in [-0.25, -0.2) is 9.37 Å². The van der Waals surface area contributed by atoms with Gasteiger partial charge in [0.1, 0.15) is 5.82 Å². The average molecular weight is 361 g/mol. The van der Waals surface area contributed by atoms with Crippen molar-refractivity contribution in [3.63, 3.8) is 0 Å². The van der Waals surface area contributed by atoms with E-state index >= 15 is 0 Å². The van der Waals surface area contributed by atoms with Crippen LogP contribution in [0.4, 0.5) is 4.39 Å². The van der Waals surface area contributed by atoms with E-state index in [-0.39, 0.29) is 11.4 Å². The molecule has 0 atom stereocenters. The van der Waals surface area contributed by atoms with Crippen molar-refractivity contribution in [3.05, 3.63) is 81.9 Å². The van der Waals surface area contributed by atoms with Crippen molar-refractivity contribution in [2.45, 2.75) is 17.5 Å². The van der Waals surface area contributed by atoms with Crippen LogP contribution in [-0.2, 0) is 12.3 Å². The third-order valence-electron chi connectivity index (χ3n) is 3.48. The highest BCUT2D eigenvalue weighted by Gasteiger charge is 2.11. The quantitative estimate of drug-likeness (QED) is 0.377. The summed E-state index contributed by atoms with van der Waals surface area (Å²) < 4.78 is 14.6. The maximum absolute atomic E-state index is 13.0. The number of hydrogen-bond acceptors (Lipinski definition) is 3. The molecule has 0 amide bonds. The second-order valence-corrected chi connectivity index (χ2v) is 6.55. The van der Waals surface area contributed by atoms with Gasteiger partial charge in [0.25, 0.3) is 5.56 Å². The maximum Gasteiger partial charge on any atom is 0.262 e. The predicted octanol–water partition coefficient (Wildman–Crippen LogP) is 4.67. The van der Waals surface area contributed by atoms with Gasteiger partial charge in [0.15, 0.2) is 5.16 Å². The van der Waals surface area contributed by atoms with Crippen molar-refractivity contribution in [2.24, 2.45) is 0 Å². The summed E-state index contributed by atoms with van der Waals surface area (Å²) in [5.74, 6) is 0.307. The summed E-state index contributed by atoms with van der Waals surface area (Å²) in [4.78, 5) is 17.2. The lowest BCUT2D eigenvalue weighted by Gasteiger charge is -2.11. The smallest absolute Gasteiger partial charge is 0.262 e. The number of benzene rings is 2. The minimum absolute atomic E-state index is 0.127. The van der Waals surface area contributed by atoms with Gasteiger partial charge in [-0.2, -0.15) is 0 Å². The van der Waals surface area contributed by atoms with E-state index in [9.17, 15) is 9.18 Å². The van der Waals surface area contributed by atoms with E-state index in [2.05, 4.69) is 11.6 Å². The summed E-state index contributed by atoms with van der Waals surface area (Å²) in [5, 5.41) is 1.64. The maximum atomic E-state index is 13.0. The van der Waals surface area contributed by atoms with Crippen LogP contribution in [0.1, 0.15) is 5.56 Å². The lowest BCUT2D eigenvalue weighted by molar-refractivity contribution is 0.627. The summed E-state index contributed by atoms with van der Waals surface area (Å²) in [6, 6.07) is 11.3. The Hall–Kier alpha value is -2.11. The van der Waals surface area contributed by atoms with Gasteiger partial charge in [0.2, 0.25) is 0 Å². The van der Waals surface area contributed by atoms with Crippen LogP contribution in [-0.4, -0.2) is 9.55 Å². The van der Waals surface area contributed by atoms with E-state index in [4.69, 9.17) is 11.6 Å². The summed E-state index contributed by atoms with van der Waals surface area (Å²) in [5.41, 5.74) is 1.39. The Labute approximate surface area is 147 Å². The Balaban J connectivity index is 2.01. The van der Waals surface area contributed by atoms with Gasteiger partial charge in [-0.05, 0) is 35.9 Å². The molecule has 1 aromatic heterocycles. The zero-order valence-corrected chi connectivity index (χ0v) is 14.3. The molecular weight excluding hydrogens is 347 g/mol. The Bertz CT molecular complexity index is 954. The second-order valence-electron chi connectivity index (χ2n) is 5.18. The van der Waals surface area contributed by atoms with Gasteiger partial charge < -0.3 is 0 Å². The van der Waals surface area contributed by atoms with Gasteiger partial charge in [-0.1, -0.05) is 41.6 Å². The molecule has 0 unspecified atom stereocenters. The first kappa shape index (κ1) is 16.7. The molecule has 3 rings (SSSR count). The first-order valence-electron chi connectivity index (χ1n) is 7.26. The summed E-state index contributed by atoms with van der Waals surface area (Å²) >= 11 is 7.42. The first-order chi connectivity index (χ1) is 11.6. The fourth-order valence-electron chi connectivity index (χ4n) is 2.30. The lowest BCUT2D eigenvalue weighted by atomic mass is 10.2. The Morgan fingerprint density at radius 3 is 2.71 bits per heavy atom. The van der Waals surface area contributed by atoms with E-state index in [0.29, 0.717) is 33.4 Å². The Kier molecular flexibility index (Phi) is 5.02. The number of thioether (sulfide) groups is 1. The topological polar surface area (TPSA) is 34.9 Å². The highest BCUT2D eigenvalue weighted by Crippen LogP contribution is 2.23. The zero-order chi connectivity index (χ0) is 17.1. The molecule has 0 spiro atoms. The molecule has 0 bridgehead atoms. The molecule has 0 fully saturated rings. The van der Waals surface area contributed by atoms with Crippen molar-refractivity contribution < 1.29 is 4.39 Å². The molecule has 1 heterocycles. The monoisotopic (exact) mass is 360 g/mol. The number of fused-ring (bicyclic) bond motifs is 1. The highest BCUT2D eigenvalue weighted by atomic mass is 35.5. The first-order valence-corrected chi connectivity index (χ1v) is 8.63. The van der Waals surface area contributed by atoms with Crippen molar-refractivity contribution in [2.75, 3.05) is 0 Å². The van der Waals surface area contributed by atoms with Crippen LogP contribution >= 0.6 is 23.4 Å². The minimum atomic E-state index is -0.272. The molecule has 0 radical (unpaired) electrons. The van der Waals surface area contributed by atoms with E-state index < -0.39 is 0 Å². The molecule has 0 aliphatic heterocycles. The lowest BCUT2D eigenvalue weighted by Crippen LogP contribution is -2.22. The molecule has 3 nitrogen and oxygen atoms in total. The number of aromatic nitrogens is 2. The zero-order valence-electron chi connectivity index (χ0n) is 12.7. The van der Waals surface area contributed by atoms with Crippen LogP contribution in [0, 0.1) is 5.82 Å². The molecule has 0 N–H and O–H groups in total. The third kappa shape index (κ3) is 3.52. The van der Waals surface area contributed by atoms with Crippen molar-refractivity contribution in [3.8, 4) is 0 Å². The highest BCUT2D eigenvalue weighted by molar-refractivity contribution is 7.98. The van der Waals surface area contributed by atoms with E-state index in [1.807, 2.05) is 0 Å². The summed E-state index contributed by atoms with van der Waals surface area (Å²) in [6.45, 7) is 4.07. The molecule has 2 aromatic carbocycles. The van der Waals surface area contributed by atoms with Crippen molar-refractivity contribution >= 4 is 34.3 Å². The molecular formula is C18H14ClFN2OS.